The average Bonchev–Trinajstić information content (AvgIpc) is 3.10. The molecule has 2 aromatic rings. The molecule has 0 amide bonds. The van der Waals surface area contributed by atoms with Crippen molar-refractivity contribution < 1.29 is 27.8 Å². The summed E-state index contributed by atoms with van der Waals surface area (Å²) in [4.78, 5) is 17.0. The molecule has 5 rings (SSSR count). The molecule has 186 valence electrons. The summed E-state index contributed by atoms with van der Waals surface area (Å²) in [7, 11) is 0. The highest BCUT2D eigenvalue weighted by molar-refractivity contribution is 5.75. The van der Waals surface area contributed by atoms with Gasteiger partial charge in [-0.25, -0.2) is 0 Å². The van der Waals surface area contributed by atoms with E-state index in [-0.39, 0.29) is 41.7 Å². The normalized spacial score (nSPS) is 35.0. The van der Waals surface area contributed by atoms with Gasteiger partial charge in [0.05, 0.1) is 22.8 Å². The molecule has 2 aliphatic carbocycles. The summed E-state index contributed by atoms with van der Waals surface area (Å²) in [5.74, 6) is 0.0834. The van der Waals surface area contributed by atoms with Crippen LogP contribution in [0.2, 0.25) is 0 Å². The number of alkyl halides is 3. The van der Waals surface area contributed by atoms with E-state index in [1.807, 2.05) is 19.9 Å². The lowest BCUT2D eigenvalue weighted by Gasteiger charge is -2.51. The van der Waals surface area contributed by atoms with Crippen LogP contribution in [0, 0.1) is 29.6 Å². The molecule has 1 N–H and O–H groups in total. The number of aromatic nitrogens is 1. The number of nitrogens with zero attached hydrogens (tertiary/aromatic N) is 1. The van der Waals surface area contributed by atoms with E-state index < -0.39 is 17.3 Å². The second-order valence-corrected chi connectivity index (χ2v) is 10.6. The summed E-state index contributed by atoms with van der Waals surface area (Å²) in [5.41, 5.74) is 0.279. The second kappa shape index (κ2) is 8.77. The van der Waals surface area contributed by atoms with Crippen LogP contribution >= 0.6 is 0 Å². The minimum atomic E-state index is -4.39. The Kier molecular flexibility index (Phi) is 6.02. The van der Waals surface area contributed by atoms with Crippen LogP contribution < -0.4 is 0 Å². The number of ether oxygens (including phenoxy) is 1. The molecule has 1 aromatic heterocycles. The number of halogens is 3. The molecule has 7 atom stereocenters. The first-order chi connectivity index (χ1) is 16.5. The molecule has 7 heteroatoms. The van der Waals surface area contributed by atoms with Crippen molar-refractivity contribution >= 4 is 12.0 Å². The van der Waals surface area contributed by atoms with E-state index in [4.69, 9.17) is 4.74 Å². The van der Waals surface area contributed by atoms with E-state index in [9.17, 15) is 23.1 Å². The predicted molar refractivity (Wildman–Crippen MR) is 126 cm³/mol. The maximum atomic E-state index is 13.1. The summed E-state index contributed by atoms with van der Waals surface area (Å²) < 4.78 is 44.8. The Labute approximate surface area is 203 Å². The van der Waals surface area contributed by atoms with Crippen molar-refractivity contribution in [3.63, 3.8) is 0 Å². The number of allylic oxidation sites excluding steroid dienone is 1. The van der Waals surface area contributed by atoms with Crippen molar-refractivity contribution in [2.75, 3.05) is 0 Å². The summed E-state index contributed by atoms with van der Waals surface area (Å²) in [6.07, 6.45) is 4.41. The van der Waals surface area contributed by atoms with Crippen molar-refractivity contribution in [3.8, 4) is 11.1 Å². The Morgan fingerprint density at radius 2 is 2.00 bits per heavy atom. The summed E-state index contributed by atoms with van der Waals surface area (Å²) in [5, 5.41) is 11.1. The predicted octanol–water partition coefficient (Wildman–Crippen LogP) is 6.15. The fraction of sp³-hybridized carbons (Fsp3) is 0.500. The lowest BCUT2D eigenvalue weighted by molar-refractivity contribution is -0.146. The number of cyclic esters (lactones) is 1. The fourth-order valence-corrected chi connectivity index (χ4v) is 6.69. The number of esters is 1. The molecule has 3 fully saturated rings. The summed E-state index contributed by atoms with van der Waals surface area (Å²) in [6, 6.07) is 8.78. The summed E-state index contributed by atoms with van der Waals surface area (Å²) in [6.45, 7) is 3.84. The molecule has 1 saturated heterocycles. The van der Waals surface area contributed by atoms with Gasteiger partial charge in [0.2, 0.25) is 0 Å². The Morgan fingerprint density at radius 1 is 1.20 bits per heavy atom. The quantitative estimate of drug-likeness (QED) is 0.530. The zero-order chi connectivity index (χ0) is 25.0. The van der Waals surface area contributed by atoms with Crippen molar-refractivity contribution in [1.82, 2.24) is 4.98 Å². The van der Waals surface area contributed by atoms with E-state index in [2.05, 4.69) is 11.1 Å². The van der Waals surface area contributed by atoms with E-state index in [1.54, 1.807) is 24.4 Å². The molecular formula is C28H30F3NO3. The van der Waals surface area contributed by atoms with Crippen LogP contribution in [-0.2, 0) is 15.7 Å². The van der Waals surface area contributed by atoms with Gasteiger partial charge in [0, 0.05) is 17.7 Å². The summed E-state index contributed by atoms with van der Waals surface area (Å²) >= 11 is 0. The third-order valence-corrected chi connectivity index (χ3v) is 8.39. The van der Waals surface area contributed by atoms with Gasteiger partial charge in [-0.1, -0.05) is 30.7 Å². The highest BCUT2D eigenvalue weighted by Crippen LogP contribution is 2.56. The van der Waals surface area contributed by atoms with E-state index >= 15 is 0 Å². The van der Waals surface area contributed by atoms with Crippen LogP contribution in [0.4, 0.5) is 13.2 Å². The Balaban J connectivity index is 1.40. The monoisotopic (exact) mass is 485 g/mol. The van der Waals surface area contributed by atoms with Crippen molar-refractivity contribution in [1.29, 1.82) is 0 Å². The van der Waals surface area contributed by atoms with Crippen LogP contribution in [0.25, 0.3) is 17.2 Å². The molecule has 0 bridgehead atoms. The number of carbonyl (C=O) groups is 1. The maximum Gasteiger partial charge on any atom is 0.416 e. The largest absolute Gasteiger partial charge is 0.462 e. The van der Waals surface area contributed by atoms with Gasteiger partial charge in [0.1, 0.15) is 6.10 Å². The Hall–Kier alpha value is -2.67. The fourth-order valence-electron chi connectivity index (χ4n) is 6.69. The van der Waals surface area contributed by atoms with Crippen LogP contribution in [0.15, 0.2) is 48.7 Å². The first kappa shape index (κ1) is 24.0. The molecule has 1 aliphatic heterocycles. The molecule has 1 aromatic carbocycles. The topological polar surface area (TPSA) is 59.4 Å². The molecule has 3 aliphatic rings. The molecular weight excluding hydrogens is 455 g/mol. The lowest BCUT2D eigenvalue weighted by atomic mass is 9.54. The number of hydrogen-bond donors (Lipinski definition) is 1. The average molecular weight is 486 g/mol. The van der Waals surface area contributed by atoms with Crippen molar-refractivity contribution in [3.05, 3.63) is 59.9 Å². The van der Waals surface area contributed by atoms with Gasteiger partial charge in [-0.05, 0) is 80.7 Å². The third kappa shape index (κ3) is 4.51. The number of fused-ring (bicyclic) bond motifs is 2. The van der Waals surface area contributed by atoms with Crippen molar-refractivity contribution in [2.24, 2.45) is 29.6 Å². The van der Waals surface area contributed by atoms with Gasteiger partial charge < -0.3 is 9.84 Å². The molecule has 35 heavy (non-hydrogen) atoms. The first-order valence-corrected chi connectivity index (χ1v) is 12.3. The van der Waals surface area contributed by atoms with E-state index in [0.29, 0.717) is 23.2 Å². The molecule has 2 saturated carbocycles. The standard InChI is InChI=1S/C28H30F3NO3/c1-16-25-22(21-7-4-12-27(2,34)24(21)14-23(25)26(33)35-16)11-10-20-9-8-18(15-32-20)17-5-3-6-19(13-17)28(29,30)31/h3,5-6,8-11,13,15-16,21-25,34H,4,7,12,14H2,1-2H3/b11-10+/t16-,21+,22+,23-,24+,25+,27-/m1/s1. The highest BCUT2D eigenvalue weighted by atomic mass is 19.4. The lowest BCUT2D eigenvalue weighted by Crippen LogP contribution is -2.52. The molecule has 0 radical (unpaired) electrons. The zero-order valence-corrected chi connectivity index (χ0v) is 19.8. The Morgan fingerprint density at radius 3 is 2.71 bits per heavy atom. The second-order valence-electron chi connectivity index (χ2n) is 10.6. The number of pyridine rings is 1. The van der Waals surface area contributed by atoms with Crippen molar-refractivity contribution in [2.45, 2.75) is 57.4 Å². The molecule has 0 unspecified atom stereocenters. The minimum Gasteiger partial charge on any atom is -0.462 e. The number of rotatable bonds is 3. The molecule has 0 spiro atoms. The van der Waals surface area contributed by atoms with Crippen LogP contribution in [0.1, 0.15) is 50.8 Å². The van der Waals surface area contributed by atoms with Crippen LogP contribution in [-0.4, -0.2) is 27.8 Å². The number of carbonyl (C=O) groups excluding carboxylic acids is 1. The van der Waals surface area contributed by atoms with Gasteiger partial charge >= 0.3 is 12.1 Å². The third-order valence-electron chi connectivity index (χ3n) is 8.39. The SMILES string of the molecule is C[C@H]1OC(=O)[C@@H]2C[C@H]3[C@@H](CCC[C@@]3(C)O)[C@H](/C=C/c3ccc(-c4cccc(C(F)(F)F)c4)cn3)[C@H]12. The van der Waals surface area contributed by atoms with Crippen LogP contribution in [0.5, 0.6) is 0 Å². The number of hydrogen-bond acceptors (Lipinski definition) is 4. The highest BCUT2D eigenvalue weighted by Gasteiger charge is 2.57. The van der Waals surface area contributed by atoms with Crippen LogP contribution in [0.3, 0.4) is 0 Å². The molecule has 4 nitrogen and oxygen atoms in total. The first-order valence-electron chi connectivity index (χ1n) is 12.3. The van der Waals surface area contributed by atoms with E-state index in [0.717, 1.165) is 31.4 Å². The van der Waals surface area contributed by atoms with Gasteiger partial charge in [-0.2, -0.15) is 13.2 Å². The van der Waals surface area contributed by atoms with Gasteiger partial charge in [-0.15, -0.1) is 0 Å². The van der Waals surface area contributed by atoms with Gasteiger partial charge in [0.25, 0.3) is 0 Å². The molecule has 2 heterocycles. The van der Waals surface area contributed by atoms with Gasteiger partial charge in [-0.3, -0.25) is 9.78 Å². The van der Waals surface area contributed by atoms with Gasteiger partial charge in [0.15, 0.2) is 0 Å². The number of aliphatic hydroxyl groups is 1. The number of benzene rings is 1. The Bertz CT molecular complexity index is 1130. The minimum absolute atomic E-state index is 0.0428. The zero-order valence-electron chi connectivity index (χ0n) is 19.8. The smallest absolute Gasteiger partial charge is 0.416 e. The maximum absolute atomic E-state index is 13.1. The van der Waals surface area contributed by atoms with E-state index in [1.165, 1.54) is 6.07 Å².